The van der Waals surface area contributed by atoms with Gasteiger partial charge in [0.05, 0.1) is 0 Å². The van der Waals surface area contributed by atoms with Crippen molar-refractivity contribution in [1.29, 1.82) is 0 Å². The summed E-state index contributed by atoms with van der Waals surface area (Å²) in [5.74, 6) is -0.143. The average Bonchev–Trinajstić information content (AvgIpc) is 2.22. The largest absolute Gasteiger partial charge is 0.207 e. The van der Waals surface area contributed by atoms with Gasteiger partial charge >= 0.3 is 0 Å². The van der Waals surface area contributed by atoms with Crippen LogP contribution in [0.3, 0.4) is 0 Å². The van der Waals surface area contributed by atoms with Gasteiger partial charge in [-0.25, -0.2) is 4.39 Å². The zero-order chi connectivity index (χ0) is 11.8. The molecular weight excluding hydrogens is 267 g/mol. The number of unbranched alkanes of at least 4 members (excludes halogenated alkanes) is 5. The van der Waals surface area contributed by atoms with E-state index in [1.54, 1.807) is 6.07 Å². The first-order valence-electron chi connectivity index (χ1n) is 6.17. The number of hydrogen-bond acceptors (Lipinski definition) is 0. The summed E-state index contributed by atoms with van der Waals surface area (Å²) < 4.78 is 13.9. The zero-order valence-electron chi connectivity index (χ0n) is 9.94. The van der Waals surface area contributed by atoms with E-state index in [0.29, 0.717) is 0 Å². The molecule has 0 fully saturated rings. The van der Waals surface area contributed by atoms with E-state index in [2.05, 4.69) is 22.9 Å². The van der Waals surface area contributed by atoms with Crippen LogP contribution in [0.25, 0.3) is 0 Å². The fourth-order valence-corrected chi connectivity index (χ4v) is 2.38. The standard InChI is InChI=1S/C14H20BrF/c1-2-3-4-5-6-7-8-12-9-13(15)11-14(16)10-12/h9-11H,2-8H2,1H3. The molecule has 1 aromatic rings. The molecule has 0 heterocycles. The topological polar surface area (TPSA) is 0 Å². The minimum absolute atomic E-state index is 0.143. The summed E-state index contributed by atoms with van der Waals surface area (Å²) in [6.07, 6.45) is 8.69. The monoisotopic (exact) mass is 286 g/mol. The Labute approximate surface area is 106 Å². The van der Waals surface area contributed by atoms with Crippen molar-refractivity contribution in [2.45, 2.75) is 51.9 Å². The summed E-state index contributed by atoms with van der Waals surface area (Å²) in [5, 5.41) is 0. The highest BCUT2D eigenvalue weighted by atomic mass is 79.9. The van der Waals surface area contributed by atoms with Crippen LogP contribution in [-0.2, 0) is 6.42 Å². The zero-order valence-corrected chi connectivity index (χ0v) is 11.5. The van der Waals surface area contributed by atoms with Crippen molar-refractivity contribution >= 4 is 15.9 Å². The molecule has 0 aromatic heterocycles. The number of benzene rings is 1. The van der Waals surface area contributed by atoms with Crippen molar-refractivity contribution in [3.05, 3.63) is 34.1 Å². The molecule has 16 heavy (non-hydrogen) atoms. The number of halogens is 2. The Hall–Kier alpha value is -0.370. The predicted octanol–water partition coefficient (Wildman–Crippen LogP) is 5.49. The van der Waals surface area contributed by atoms with Gasteiger partial charge in [-0.15, -0.1) is 0 Å². The third-order valence-electron chi connectivity index (χ3n) is 2.74. The lowest BCUT2D eigenvalue weighted by atomic mass is 10.1. The van der Waals surface area contributed by atoms with Gasteiger partial charge in [0.1, 0.15) is 5.82 Å². The van der Waals surface area contributed by atoms with Gasteiger partial charge in [-0.2, -0.15) is 0 Å². The Morgan fingerprint density at radius 1 is 1.00 bits per heavy atom. The Kier molecular flexibility index (Phi) is 6.70. The summed E-state index contributed by atoms with van der Waals surface area (Å²) in [6, 6.07) is 5.15. The van der Waals surface area contributed by atoms with Gasteiger partial charge in [0.2, 0.25) is 0 Å². The number of rotatable bonds is 7. The van der Waals surface area contributed by atoms with Crippen molar-refractivity contribution < 1.29 is 4.39 Å². The predicted molar refractivity (Wildman–Crippen MR) is 71.2 cm³/mol. The first kappa shape index (κ1) is 13.7. The van der Waals surface area contributed by atoms with Crippen LogP contribution in [0.4, 0.5) is 4.39 Å². The summed E-state index contributed by atoms with van der Waals surface area (Å²) in [4.78, 5) is 0. The second kappa shape index (κ2) is 7.83. The minimum atomic E-state index is -0.143. The first-order valence-corrected chi connectivity index (χ1v) is 6.96. The van der Waals surface area contributed by atoms with Gasteiger partial charge in [0, 0.05) is 4.47 Å². The highest BCUT2D eigenvalue weighted by Gasteiger charge is 1.99. The molecule has 0 amide bonds. The lowest BCUT2D eigenvalue weighted by Crippen LogP contribution is -1.88. The molecule has 1 aromatic carbocycles. The van der Waals surface area contributed by atoms with Crippen LogP contribution in [-0.4, -0.2) is 0 Å². The molecule has 0 atom stereocenters. The molecule has 0 aliphatic rings. The Bertz CT molecular complexity index is 289. The van der Waals surface area contributed by atoms with E-state index in [-0.39, 0.29) is 5.82 Å². The van der Waals surface area contributed by atoms with E-state index >= 15 is 0 Å². The second-order valence-electron chi connectivity index (χ2n) is 4.30. The molecule has 90 valence electrons. The molecule has 0 N–H and O–H groups in total. The SMILES string of the molecule is CCCCCCCCc1cc(F)cc(Br)c1. The lowest BCUT2D eigenvalue weighted by molar-refractivity contribution is 0.602. The van der Waals surface area contributed by atoms with Gasteiger partial charge in [0.15, 0.2) is 0 Å². The third-order valence-corrected chi connectivity index (χ3v) is 3.20. The van der Waals surface area contributed by atoms with Crippen LogP contribution in [0.2, 0.25) is 0 Å². The highest BCUT2D eigenvalue weighted by molar-refractivity contribution is 9.10. The summed E-state index contributed by atoms with van der Waals surface area (Å²) in [7, 11) is 0. The van der Waals surface area contributed by atoms with Crippen molar-refractivity contribution in [3.63, 3.8) is 0 Å². The van der Waals surface area contributed by atoms with E-state index in [0.717, 1.165) is 16.5 Å². The van der Waals surface area contributed by atoms with Crippen molar-refractivity contribution in [2.75, 3.05) is 0 Å². The Morgan fingerprint density at radius 2 is 1.69 bits per heavy atom. The van der Waals surface area contributed by atoms with E-state index in [1.165, 1.54) is 44.6 Å². The van der Waals surface area contributed by atoms with E-state index in [4.69, 9.17) is 0 Å². The van der Waals surface area contributed by atoms with Crippen LogP contribution in [0.1, 0.15) is 51.0 Å². The normalized spacial score (nSPS) is 10.7. The summed E-state index contributed by atoms with van der Waals surface area (Å²) in [6.45, 7) is 2.23. The van der Waals surface area contributed by atoms with Gasteiger partial charge in [0.25, 0.3) is 0 Å². The molecule has 2 heteroatoms. The fraction of sp³-hybridized carbons (Fsp3) is 0.571. The Balaban J connectivity index is 2.21. The van der Waals surface area contributed by atoms with Crippen molar-refractivity contribution in [2.24, 2.45) is 0 Å². The van der Waals surface area contributed by atoms with Crippen molar-refractivity contribution in [3.8, 4) is 0 Å². The Morgan fingerprint density at radius 3 is 2.38 bits per heavy atom. The van der Waals surface area contributed by atoms with Crippen LogP contribution in [0.5, 0.6) is 0 Å². The smallest absolute Gasteiger partial charge is 0.124 e. The second-order valence-corrected chi connectivity index (χ2v) is 5.21. The molecule has 0 aliphatic heterocycles. The quantitative estimate of drug-likeness (QED) is 0.581. The molecule has 0 radical (unpaired) electrons. The molecule has 0 saturated heterocycles. The average molecular weight is 287 g/mol. The van der Waals surface area contributed by atoms with E-state index in [1.807, 2.05) is 6.07 Å². The summed E-state index contributed by atoms with van der Waals surface area (Å²) >= 11 is 3.32. The highest BCUT2D eigenvalue weighted by Crippen LogP contribution is 2.17. The van der Waals surface area contributed by atoms with Gasteiger partial charge in [-0.1, -0.05) is 55.0 Å². The van der Waals surface area contributed by atoms with Crippen LogP contribution in [0.15, 0.2) is 22.7 Å². The van der Waals surface area contributed by atoms with Gasteiger partial charge in [-0.05, 0) is 36.6 Å². The van der Waals surface area contributed by atoms with Crippen LogP contribution in [0, 0.1) is 5.82 Å². The molecule has 0 nitrogen and oxygen atoms in total. The molecule has 0 spiro atoms. The maximum Gasteiger partial charge on any atom is 0.124 e. The van der Waals surface area contributed by atoms with Crippen molar-refractivity contribution in [1.82, 2.24) is 0 Å². The van der Waals surface area contributed by atoms with E-state index < -0.39 is 0 Å². The fourth-order valence-electron chi connectivity index (χ4n) is 1.86. The molecule has 0 aliphatic carbocycles. The van der Waals surface area contributed by atoms with Gasteiger partial charge in [-0.3, -0.25) is 0 Å². The molecule has 0 unspecified atom stereocenters. The maximum absolute atomic E-state index is 13.1. The molecule has 0 saturated carbocycles. The number of hydrogen-bond donors (Lipinski definition) is 0. The first-order chi connectivity index (χ1) is 7.72. The lowest BCUT2D eigenvalue weighted by Gasteiger charge is -2.03. The third kappa shape index (κ3) is 5.64. The molecule has 1 rings (SSSR count). The van der Waals surface area contributed by atoms with Crippen LogP contribution < -0.4 is 0 Å². The summed E-state index contributed by atoms with van der Waals surface area (Å²) in [5.41, 5.74) is 1.10. The molecule has 0 bridgehead atoms. The minimum Gasteiger partial charge on any atom is -0.207 e. The van der Waals surface area contributed by atoms with Crippen LogP contribution >= 0.6 is 15.9 Å². The van der Waals surface area contributed by atoms with Gasteiger partial charge < -0.3 is 0 Å². The maximum atomic E-state index is 13.1. The number of aryl methyl sites for hydroxylation is 1. The van der Waals surface area contributed by atoms with E-state index in [9.17, 15) is 4.39 Å². The molecular formula is C14H20BrF.